The molecule has 2 aromatic heterocycles. The fourth-order valence-electron chi connectivity index (χ4n) is 4.23. The average Bonchev–Trinajstić information content (AvgIpc) is 3.44. The number of aromatic nitrogens is 4. The van der Waals surface area contributed by atoms with E-state index in [4.69, 9.17) is 4.42 Å². The van der Waals surface area contributed by atoms with Gasteiger partial charge in [-0.3, -0.25) is 9.69 Å². The molecule has 0 spiro atoms. The molecule has 2 aromatic rings. The predicted molar refractivity (Wildman–Crippen MR) is 99.3 cm³/mol. The van der Waals surface area contributed by atoms with E-state index in [1.165, 1.54) is 19.2 Å². The molecule has 1 unspecified atom stereocenters. The lowest BCUT2D eigenvalue weighted by Gasteiger charge is -2.32. The van der Waals surface area contributed by atoms with Gasteiger partial charge in [-0.1, -0.05) is 6.92 Å². The molecular formula is C19H28N6O2. The Bertz CT molecular complexity index is 792. The van der Waals surface area contributed by atoms with Gasteiger partial charge in [0.25, 0.3) is 5.91 Å². The van der Waals surface area contributed by atoms with E-state index in [1.807, 2.05) is 18.9 Å². The highest BCUT2D eigenvalue weighted by atomic mass is 16.3. The lowest BCUT2D eigenvalue weighted by atomic mass is 9.96. The molecule has 0 saturated carbocycles. The summed E-state index contributed by atoms with van der Waals surface area (Å²) in [4.78, 5) is 21.4. The summed E-state index contributed by atoms with van der Waals surface area (Å²) in [6, 6.07) is 0. The number of rotatable bonds is 5. The molecule has 0 radical (unpaired) electrons. The predicted octanol–water partition coefficient (Wildman–Crippen LogP) is 1.98. The first-order chi connectivity index (χ1) is 13.2. The summed E-state index contributed by atoms with van der Waals surface area (Å²) in [5.74, 6) is 2.83. The molecule has 146 valence electrons. The molecule has 1 atom stereocenters. The van der Waals surface area contributed by atoms with Crippen LogP contribution < -0.4 is 0 Å². The van der Waals surface area contributed by atoms with E-state index in [9.17, 15) is 4.79 Å². The van der Waals surface area contributed by atoms with Crippen molar-refractivity contribution in [2.75, 3.05) is 26.2 Å². The number of nitrogens with zero attached hydrogens (tertiary/aromatic N) is 6. The number of carbonyl (C=O) groups is 1. The molecule has 2 saturated heterocycles. The van der Waals surface area contributed by atoms with Crippen LogP contribution in [0, 0.1) is 0 Å². The van der Waals surface area contributed by atoms with Crippen LogP contribution >= 0.6 is 0 Å². The van der Waals surface area contributed by atoms with E-state index in [0.29, 0.717) is 24.4 Å². The molecule has 2 aliphatic heterocycles. The van der Waals surface area contributed by atoms with Crippen LogP contribution in [0.4, 0.5) is 0 Å². The first-order valence-electron chi connectivity index (χ1n) is 9.99. The van der Waals surface area contributed by atoms with E-state index in [2.05, 4.69) is 24.6 Å². The summed E-state index contributed by atoms with van der Waals surface area (Å²) in [7, 11) is 2.05. The van der Waals surface area contributed by atoms with Gasteiger partial charge in [0.2, 0.25) is 0 Å². The first kappa shape index (κ1) is 18.2. The summed E-state index contributed by atoms with van der Waals surface area (Å²) < 4.78 is 7.46. The molecule has 0 aromatic carbocycles. The number of amides is 1. The zero-order valence-corrected chi connectivity index (χ0v) is 16.2. The molecule has 4 rings (SSSR count). The third-order valence-corrected chi connectivity index (χ3v) is 5.80. The summed E-state index contributed by atoms with van der Waals surface area (Å²) in [5, 5.41) is 8.93. The molecule has 0 bridgehead atoms. The molecule has 8 heteroatoms. The van der Waals surface area contributed by atoms with Crippen molar-refractivity contribution in [1.82, 2.24) is 29.5 Å². The first-order valence-corrected chi connectivity index (χ1v) is 9.99. The Morgan fingerprint density at radius 2 is 2.04 bits per heavy atom. The smallest absolute Gasteiger partial charge is 0.276 e. The van der Waals surface area contributed by atoms with Gasteiger partial charge in [-0.15, -0.1) is 10.2 Å². The molecule has 0 N–H and O–H groups in total. The van der Waals surface area contributed by atoms with Crippen molar-refractivity contribution in [3.8, 4) is 0 Å². The number of hydrogen-bond donors (Lipinski definition) is 0. The van der Waals surface area contributed by atoms with Gasteiger partial charge in [-0.2, -0.15) is 0 Å². The molecule has 8 nitrogen and oxygen atoms in total. The van der Waals surface area contributed by atoms with E-state index < -0.39 is 0 Å². The number of oxazole rings is 1. The largest absolute Gasteiger partial charge is 0.448 e. The van der Waals surface area contributed by atoms with Crippen molar-refractivity contribution in [2.24, 2.45) is 7.05 Å². The molecule has 27 heavy (non-hydrogen) atoms. The molecule has 0 aliphatic carbocycles. The van der Waals surface area contributed by atoms with E-state index in [0.717, 1.165) is 50.7 Å². The van der Waals surface area contributed by atoms with Crippen LogP contribution in [0.3, 0.4) is 0 Å². The number of piperidine rings is 1. The topological polar surface area (TPSA) is 80.3 Å². The molecule has 2 aliphatic rings. The summed E-state index contributed by atoms with van der Waals surface area (Å²) in [5.41, 5.74) is 0.450. The lowest BCUT2D eigenvalue weighted by Crippen LogP contribution is -2.40. The van der Waals surface area contributed by atoms with Crippen LogP contribution in [0.25, 0.3) is 0 Å². The van der Waals surface area contributed by atoms with Crippen LogP contribution in [0.2, 0.25) is 0 Å². The highest BCUT2D eigenvalue weighted by Gasteiger charge is 2.31. The quantitative estimate of drug-likeness (QED) is 0.798. The Labute approximate surface area is 159 Å². The van der Waals surface area contributed by atoms with Gasteiger partial charge in [0.1, 0.15) is 17.4 Å². The van der Waals surface area contributed by atoms with Crippen LogP contribution in [-0.4, -0.2) is 61.6 Å². The van der Waals surface area contributed by atoms with Crippen LogP contribution in [0.5, 0.6) is 0 Å². The van der Waals surface area contributed by atoms with Gasteiger partial charge in [-0.25, -0.2) is 4.98 Å². The minimum Gasteiger partial charge on any atom is -0.448 e. The maximum Gasteiger partial charge on any atom is 0.276 e. The van der Waals surface area contributed by atoms with Gasteiger partial charge >= 0.3 is 0 Å². The molecule has 2 fully saturated rings. The monoisotopic (exact) mass is 372 g/mol. The Balaban J connectivity index is 1.46. The second-order valence-corrected chi connectivity index (χ2v) is 7.58. The van der Waals surface area contributed by atoms with Gasteiger partial charge in [0, 0.05) is 32.5 Å². The zero-order valence-electron chi connectivity index (χ0n) is 16.2. The van der Waals surface area contributed by atoms with Crippen molar-refractivity contribution in [2.45, 2.75) is 51.5 Å². The maximum atomic E-state index is 12.9. The van der Waals surface area contributed by atoms with Crippen LogP contribution in [0.15, 0.2) is 10.8 Å². The van der Waals surface area contributed by atoms with Crippen LogP contribution in [0.1, 0.15) is 66.4 Å². The second-order valence-electron chi connectivity index (χ2n) is 7.58. The normalized spacial score (nSPS) is 21.1. The fourth-order valence-corrected chi connectivity index (χ4v) is 4.23. The Hall–Kier alpha value is -2.22. The number of likely N-dealkylation sites (tertiary alicyclic amines) is 2. The Kier molecular flexibility index (Phi) is 5.24. The molecular weight excluding hydrogens is 344 g/mol. The zero-order chi connectivity index (χ0) is 18.8. The van der Waals surface area contributed by atoms with Gasteiger partial charge in [-0.05, 0) is 38.8 Å². The average molecular weight is 372 g/mol. The van der Waals surface area contributed by atoms with Crippen molar-refractivity contribution < 1.29 is 9.21 Å². The summed E-state index contributed by atoms with van der Waals surface area (Å²) in [6.45, 7) is 6.53. The van der Waals surface area contributed by atoms with Gasteiger partial charge < -0.3 is 13.9 Å². The second kappa shape index (κ2) is 7.80. The summed E-state index contributed by atoms with van der Waals surface area (Å²) in [6.07, 6.45) is 6.56. The van der Waals surface area contributed by atoms with E-state index in [-0.39, 0.29) is 11.8 Å². The lowest BCUT2D eigenvalue weighted by molar-refractivity contribution is 0.0696. The number of aryl methyl sites for hydroxylation is 1. The SMILES string of the molecule is CCc1ocnc1C(=O)N1CCCC(c2nnc(CN3CCCC3)n2C)C1. The number of hydrogen-bond acceptors (Lipinski definition) is 6. The highest BCUT2D eigenvalue weighted by Crippen LogP contribution is 2.27. The Morgan fingerprint density at radius 1 is 1.22 bits per heavy atom. The van der Waals surface area contributed by atoms with Crippen molar-refractivity contribution in [3.63, 3.8) is 0 Å². The summed E-state index contributed by atoms with van der Waals surface area (Å²) >= 11 is 0. The number of carbonyl (C=O) groups excluding carboxylic acids is 1. The van der Waals surface area contributed by atoms with Gasteiger partial charge in [0.15, 0.2) is 12.1 Å². The minimum absolute atomic E-state index is 0.0373. The highest BCUT2D eigenvalue weighted by molar-refractivity contribution is 5.93. The van der Waals surface area contributed by atoms with Crippen molar-refractivity contribution >= 4 is 5.91 Å². The minimum atomic E-state index is -0.0373. The van der Waals surface area contributed by atoms with Crippen molar-refractivity contribution in [3.05, 3.63) is 29.5 Å². The van der Waals surface area contributed by atoms with Crippen molar-refractivity contribution in [1.29, 1.82) is 0 Å². The standard InChI is InChI=1S/C19H28N6O2/c1-3-15-17(20-13-27-15)19(26)25-10-6-7-14(11-25)18-22-21-16(23(18)2)12-24-8-4-5-9-24/h13-14H,3-12H2,1-2H3. The van der Waals surface area contributed by atoms with E-state index >= 15 is 0 Å². The third kappa shape index (κ3) is 3.63. The van der Waals surface area contributed by atoms with Crippen LogP contribution in [-0.2, 0) is 20.0 Å². The molecule has 1 amide bonds. The molecule has 4 heterocycles. The van der Waals surface area contributed by atoms with Gasteiger partial charge in [0.05, 0.1) is 6.54 Å². The third-order valence-electron chi connectivity index (χ3n) is 5.80. The maximum absolute atomic E-state index is 12.9. The Morgan fingerprint density at radius 3 is 2.81 bits per heavy atom. The van der Waals surface area contributed by atoms with E-state index in [1.54, 1.807) is 0 Å². The fraction of sp³-hybridized carbons (Fsp3) is 0.684.